The molecule has 0 saturated carbocycles. The molecule has 0 saturated heterocycles. The van der Waals surface area contributed by atoms with Gasteiger partial charge < -0.3 is 0 Å². The second-order valence-electron chi connectivity index (χ2n) is 16.3. The largest absolute Gasteiger partial charge is 0.248 e. The Morgan fingerprint density at radius 3 is 1.56 bits per heavy atom. The standard InChI is InChI=1S/C57H40N4/c1-57(2)50-31-15-14-29-45(50)48-34-49-47(35-52(58-53(49)36-51(48)57)42-26-16-24-40(32-42)37-18-6-3-7-19-37)41-25-17-27-43(33-41)55-59-54(39-22-10-5-11-23-39)60-56(61-55)46-30-13-12-28-44(46)38-20-8-4-9-21-38/h3-36H,1-2H3. The summed E-state index contributed by atoms with van der Waals surface area (Å²) in [5.74, 6) is 1.86. The van der Waals surface area contributed by atoms with Crippen LogP contribution in [0.3, 0.4) is 0 Å². The minimum atomic E-state index is -0.156. The van der Waals surface area contributed by atoms with Crippen molar-refractivity contribution in [2.24, 2.45) is 0 Å². The molecule has 288 valence electrons. The predicted molar refractivity (Wildman–Crippen MR) is 251 cm³/mol. The first-order valence-corrected chi connectivity index (χ1v) is 20.8. The third-order valence-electron chi connectivity index (χ3n) is 12.1. The van der Waals surface area contributed by atoms with E-state index in [9.17, 15) is 0 Å². The number of rotatable bonds is 7. The van der Waals surface area contributed by atoms with Crippen molar-refractivity contribution in [3.63, 3.8) is 0 Å². The first kappa shape index (κ1) is 36.3. The summed E-state index contributed by atoms with van der Waals surface area (Å²) in [4.78, 5) is 21.0. The van der Waals surface area contributed by atoms with Gasteiger partial charge >= 0.3 is 0 Å². The highest BCUT2D eigenvalue weighted by molar-refractivity contribution is 6.02. The first-order chi connectivity index (χ1) is 30.0. The van der Waals surface area contributed by atoms with Crippen LogP contribution in [0.2, 0.25) is 0 Å². The fraction of sp³-hybridized carbons (Fsp3) is 0.0526. The summed E-state index contributed by atoms with van der Waals surface area (Å²) in [6.07, 6.45) is 0. The van der Waals surface area contributed by atoms with Crippen molar-refractivity contribution < 1.29 is 0 Å². The van der Waals surface area contributed by atoms with Gasteiger partial charge in [-0.15, -0.1) is 0 Å². The Morgan fingerprint density at radius 1 is 0.295 bits per heavy atom. The number of hydrogen-bond donors (Lipinski definition) is 0. The van der Waals surface area contributed by atoms with Gasteiger partial charge in [-0.2, -0.15) is 0 Å². The van der Waals surface area contributed by atoms with Gasteiger partial charge in [-0.25, -0.2) is 19.9 Å². The zero-order valence-corrected chi connectivity index (χ0v) is 33.9. The van der Waals surface area contributed by atoms with Crippen LogP contribution in [0.15, 0.2) is 206 Å². The van der Waals surface area contributed by atoms with Crippen LogP contribution in [0.5, 0.6) is 0 Å². The smallest absolute Gasteiger partial charge is 0.164 e. The lowest BCUT2D eigenvalue weighted by atomic mass is 9.82. The molecule has 10 aromatic rings. The quantitative estimate of drug-likeness (QED) is 0.162. The SMILES string of the molecule is CC1(C)c2ccccc2-c2cc3c(-c4cccc(-c5nc(-c6ccccc6)nc(-c6ccccc6-c6ccccc6)n5)c4)cc(-c4cccc(-c5ccccc5)c4)nc3cc21. The second-order valence-corrected chi connectivity index (χ2v) is 16.3. The summed E-state index contributed by atoms with van der Waals surface area (Å²) in [6, 6.07) is 72.6. The van der Waals surface area contributed by atoms with E-state index in [1.807, 2.05) is 30.3 Å². The van der Waals surface area contributed by atoms with Gasteiger partial charge in [0.25, 0.3) is 0 Å². The molecular weight excluding hydrogens is 741 g/mol. The molecule has 0 atom stereocenters. The molecule has 1 aliphatic carbocycles. The van der Waals surface area contributed by atoms with Crippen molar-refractivity contribution in [3.05, 3.63) is 217 Å². The van der Waals surface area contributed by atoms with E-state index in [1.165, 1.54) is 27.8 Å². The van der Waals surface area contributed by atoms with Crippen LogP contribution in [0.4, 0.5) is 0 Å². The molecule has 0 amide bonds. The number of fused-ring (bicyclic) bond motifs is 4. The van der Waals surface area contributed by atoms with Gasteiger partial charge in [0.2, 0.25) is 0 Å². The summed E-state index contributed by atoms with van der Waals surface area (Å²) < 4.78 is 0. The summed E-state index contributed by atoms with van der Waals surface area (Å²) in [7, 11) is 0. The normalized spacial score (nSPS) is 12.6. The Morgan fingerprint density at radius 2 is 0.820 bits per heavy atom. The zero-order chi connectivity index (χ0) is 40.9. The van der Waals surface area contributed by atoms with Gasteiger partial charge in [0.15, 0.2) is 17.5 Å². The van der Waals surface area contributed by atoms with Crippen molar-refractivity contribution in [1.29, 1.82) is 0 Å². The summed E-state index contributed by atoms with van der Waals surface area (Å²) >= 11 is 0. The number of nitrogens with zero attached hydrogens (tertiary/aromatic N) is 4. The molecule has 2 heterocycles. The Kier molecular flexibility index (Phi) is 8.79. The van der Waals surface area contributed by atoms with Crippen LogP contribution in [-0.2, 0) is 5.41 Å². The van der Waals surface area contributed by atoms with Crippen LogP contribution in [0, 0.1) is 0 Å². The van der Waals surface area contributed by atoms with E-state index in [2.05, 4.69) is 190 Å². The van der Waals surface area contributed by atoms with Gasteiger partial charge in [-0.05, 0) is 86.0 Å². The maximum absolute atomic E-state index is 5.44. The molecule has 0 unspecified atom stereocenters. The molecule has 11 rings (SSSR count). The molecule has 0 spiro atoms. The molecule has 4 nitrogen and oxygen atoms in total. The van der Waals surface area contributed by atoms with Crippen molar-refractivity contribution in [2.75, 3.05) is 0 Å². The lowest BCUT2D eigenvalue weighted by Gasteiger charge is -2.22. The van der Waals surface area contributed by atoms with Crippen LogP contribution in [0.25, 0.3) is 101 Å². The van der Waals surface area contributed by atoms with Crippen LogP contribution in [-0.4, -0.2) is 19.9 Å². The molecular formula is C57H40N4. The van der Waals surface area contributed by atoms with Crippen LogP contribution >= 0.6 is 0 Å². The molecule has 4 heteroatoms. The lowest BCUT2D eigenvalue weighted by Crippen LogP contribution is -2.14. The molecule has 0 fully saturated rings. The Labute approximate surface area is 356 Å². The maximum Gasteiger partial charge on any atom is 0.164 e. The highest BCUT2D eigenvalue weighted by Crippen LogP contribution is 2.50. The number of hydrogen-bond acceptors (Lipinski definition) is 4. The van der Waals surface area contributed by atoms with E-state index < -0.39 is 0 Å². The Balaban J connectivity index is 1.11. The van der Waals surface area contributed by atoms with E-state index in [-0.39, 0.29) is 5.41 Å². The Bertz CT molecular complexity index is 3260. The molecule has 1 aliphatic rings. The minimum Gasteiger partial charge on any atom is -0.248 e. The molecule has 61 heavy (non-hydrogen) atoms. The third-order valence-corrected chi connectivity index (χ3v) is 12.1. The van der Waals surface area contributed by atoms with E-state index >= 15 is 0 Å². The topological polar surface area (TPSA) is 51.6 Å². The Hall–Kier alpha value is -7.82. The van der Waals surface area contributed by atoms with Gasteiger partial charge in [0.1, 0.15) is 0 Å². The lowest BCUT2D eigenvalue weighted by molar-refractivity contribution is 0.661. The van der Waals surface area contributed by atoms with Crippen LogP contribution < -0.4 is 0 Å². The fourth-order valence-corrected chi connectivity index (χ4v) is 9.01. The molecule has 0 bridgehead atoms. The molecule has 8 aromatic carbocycles. The molecule has 0 aliphatic heterocycles. The van der Waals surface area contributed by atoms with Gasteiger partial charge in [0.05, 0.1) is 11.2 Å². The fourth-order valence-electron chi connectivity index (χ4n) is 9.01. The summed E-state index contributed by atoms with van der Waals surface area (Å²) in [5, 5.41) is 1.10. The minimum absolute atomic E-state index is 0.156. The predicted octanol–water partition coefficient (Wildman–Crippen LogP) is 14.4. The van der Waals surface area contributed by atoms with E-state index in [0.29, 0.717) is 17.5 Å². The van der Waals surface area contributed by atoms with E-state index in [4.69, 9.17) is 19.9 Å². The third kappa shape index (κ3) is 6.50. The first-order valence-electron chi connectivity index (χ1n) is 20.8. The van der Waals surface area contributed by atoms with Crippen molar-refractivity contribution in [2.45, 2.75) is 19.3 Å². The summed E-state index contributed by atoms with van der Waals surface area (Å²) in [6.45, 7) is 4.65. The second kappa shape index (κ2) is 14.8. The van der Waals surface area contributed by atoms with Gasteiger partial charge in [0, 0.05) is 33.1 Å². The van der Waals surface area contributed by atoms with E-state index in [0.717, 1.165) is 66.7 Å². The highest BCUT2D eigenvalue weighted by Gasteiger charge is 2.36. The maximum atomic E-state index is 5.44. The average molecular weight is 781 g/mol. The van der Waals surface area contributed by atoms with Crippen molar-refractivity contribution in [1.82, 2.24) is 19.9 Å². The molecule has 0 radical (unpaired) electrons. The highest BCUT2D eigenvalue weighted by atomic mass is 15.0. The van der Waals surface area contributed by atoms with Gasteiger partial charge in [-0.3, -0.25) is 0 Å². The monoisotopic (exact) mass is 780 g/mol. The van der Waals surface area contributed by atoms with Crippen molar-refractivity contribution >= 4 is 10.9 Å². The summed E-state index contributed by atoms with van der Waals surface area (Å²) in [5.41, 5.74) is 17.4. The number of aromatic nitrogens is 4. The molecule has 2 aromatic heterocycles. The number of pyridine rings is 1. The average Bonchev–Trinajstić information content (AvgIpc) is 3.56. The molecule has 0 N–H and O–H groups in total. The van der Waals surface area contributed by atoms with E-state index in [1.54, 1.807) is 0 Å². The number of benzene rings is 8. The van der Waals surface area contributed by atoms with Gasteiger partial charge in [-0.1, -0.05) is 190 Å². The zero-order valence-electron chi connectivity index (χ0n) is 33.9. The van der Waals surface area contributed by atoms with Crippen molar-refractivity contribution in [3.8, 4) is 89.9 Å². The van der Waals surface area contributed by atoms with Crippen LogP contribution in [0.1, 0.15) is 25.0 Å².